The van der Waals surface area contributed by atoms with Gasteiger partial charge in [0.25, 0.3) is 5.95 Å². The molecule has 0 aliphatic carbocycles. The molecule has 0 fully saturated rings. The fourth-order valence-corrected chi connectivity index (χ4v) is 2.26. The van der Waals surface area contributed by atoms with Gasteiger partial charge in [0, 0.05) is 12.6 Å². The summed E-state index contributed by atoms with van der Waals surface area (Å²) in [5.74, 6) is -2.55. The van der Waals surface area contributed by atoms with Crippen LogP contribution in [0.1, 0.15) is 36.7 Å². The van der Waals surface area contributed by atoms with Crippen molar-refractivity contribution in [3.8, 4) is 11.7 Å². The van der Waals surface area contributed by atoms with Gasteiger partial charge in [-0.15, -0.1) is 0 Å². The molecule has 130 valence electrons. The SMILES string of the molecule is CC(=O)Nc1cccc(N=C(C)c2c(O)c(C(C)=O)c(O)oc2=O)c1. The van der Waals surface area contributed by atoms with Crippen LogP contribution in [-0.2, 0) is 4.79 Å². The van der Waals surface area contributed by atoms with E-state index in [1.807, 2.05) is 0 Å². The molecule has 1 aromatic heterocycles. The van der Waals surface area contributed by atoms with E-state index < -0.39 is 28.7 Å². The zero-order valence-corrected chi connectivity index (χ0v) is 13.8. The number of rotatable bonds is 4. The Hall–Kier alpha value is -3.42. The molecule has 25 heavy (non-hydrogen) atoms. The zero-order chi connectivity index (χ0) is 18.7. The molecule has 1 amide bonds. The third-order valence-electron chi connectivity index (χ3n) is 3.26. The number of ketones is 1. The quantitative estimate of drug-likeness (QED) is 0.577. The van der Waals surface area contributed by atoms with Crippen molar-refractivity contribution < 1.29 is 24.2 Å². The van der Waals surface area contributed by atoms with Gasteiger partial charge in [-0.25, -0.2) is 4.79 Å². The molecule has 0 saturated carbocycles. The first-order valence-electron chi connectivity index (χ1n) is 7.24. The molecule has 3 N–H and O–H groups in total. The lowest BCUT2D eigenvalue weighted by molar-refractivity contribution is -0.114. The number of carbonyl (C=O) groups is 2. The minimum atomic E-state index is -1.03. The minimum absolute atomic E-state index is 0.0775. The van der Waals surface area contributed by atoms with Crippen LogP contribution in [0, 0.1) is 0 Å². The Morgan fingerprint density at radius 1 is 1.12 bits per heavy atom. The normalized spacial score (nSPS) is 11.2. The molecule has 2 aromatic rings. The van der Waals surface area contributed by atoms with Crippen LogP contribution in [0.5, 0.6) is 11.7 Å². The maximum absolute atomic E-state index is 11.9. The van der Waals surface area contributed by atoms with Gasteiger partial charge < -0.3 is 19.9 Å². The number of nitrogens with zero attached hydrogens (tertiary/aromatic N) is 1. The molecule has 0 radical (unpaired) electrons. The zero-order valence-electron chi connectivity index (χ0n) is 13.8. The van der Waals surface area contributed by atoms with Gasteiger partial charge in [0.1, 0.15) is 16.9 Å². The summed E-state index contributed by atoms with van der Waals surface area (Å²) in [5.41, 5.74) is -0.856. The second-order valence-corrected chi connectivity index (χ2v) is 5.28. The Labute approximate surface area is 142 Å². The predicted octanol–water partition coefficient (Wildman–Crippen LogP) is 2.35. The van der Waals surface area contributed by atoms with Crippen LogP contribution in [-0.4, -0.2) is 27.6 Å². The minimum Gasteiger partial charge on any atom is -0.506 e. The van der Waals surface area contributed by atoms with Crippen molar-refractivity contribution in [2.45, 2.75) is 20.8 Å². The van der Waals surface area contributed by atoms with Crippen molar-refractivity contribution in [3.63, 3.8) is 0 Å². The number of Topliss-reactive ketones (excluding diaryl/α,β-unsaturated/α-hetero) is 1. The standard InChI is InChI=1S/C17H16N2O6/c1-8(18-11-5-4-6-12(7-11)19-10(3)21)13-15(22)14(9(2)20)17(24)25-16(13)23/h4-7,22,24H,1-3H3,(H,19,21). The first kappa shape index (κ1) is 17.9. The Morgan fingerprint density at radius 2 is 1.80 bits per heavy atom. The molecular formula is C17H16N2O6. The van der Waals surface area contributed by atoms with E-state index in [0.29, 0.717) is 11.4 Å². The smallest absolute Gasteiger partial charge is 0.351 e. The van der Waals surface area contributed by atoms with E-state index >= 15 is 0 Å². The fourth-order valence-electron chi connectivity index (χ4n) is 2.26. The maximum atomic E-state index is 11.9. The lowest BCUT2D eigenvalue weighted by atomic mass is 10.1. The molecule has 8 nitrogen and oxygen atoms in total. The summed E-state index contributed by atoms with van der Waals surface area (Å²) >= 11 is 0. The van der Waals surface area contributed by atoms with Crippen molar-refractivity contribution in [2.24, 2.45) is 4.99 Å². The summed E-state index contributed by atoms with van der Waals surface area (Å²) in [6, 6.07) is 6.50. The van der Waals surface area contributed by atoms with Gasteiger partial charge in [-0.05, 0) is 32.0 Å². The number of hydrogen-bond acceptors (Lipinski definition) is 7. The molecule has 0 aliphatic heterocycles. The van der Waals surface area contributed by atoms with Crippen molar-refractivity contribution in [1.82, 2.24) is 0 Å². The highest BCUT2D eigenvalue weighted by Gasteiger charge is 2.23. The molecule has 2 rings (SSSR count). The second-order valence-electron chi connectivity index (χ2n) is 5.28. The highest BCUT2D eigenvalue weighted by atomic mass is 16.5. The van der Waals surface area contributed by atoms with Crippen LogP contribution < -0.4 is 10.9 Å². The van der Waals surface area contributed by atoms with Crippen molar-refractivity contribution in [2.75, 3.05) is 5.32 Å². The van der Waals surface area contributed by atoms with Gasteiger partial charge in [0.2, 0.25) is 5.91 Å². The molecule has 0 spiro atoms. The molecule has 0 unspecified atom stereocenters. The number of nitrogens with one attached hydrogen (secondary N) is 1. The summed E-state index contributed by atoms with van der Waals surface area (Å²) in [5, 5.41) is 22.3. The summed E-state index contributed by atoms with van der Waals surface area (Å²) in [6.45, 7) is 3.92. The van der Waals surface area contributed by atoms with E-state index in [1.54, 1.807) is 24.3 Å². The number of hydrogen-bond donors (Lipinski definition) is 3. The Bertz CT molecular complexity index is 943. The Balaban J connectivity index is 2.54. The van der Waals surface area contributed by atoms with E-state index in [-0.39, 0.29) is 17.2 Å². The average molecular weight is 344 g/mol. The largest absolute Gasteiger partial charge is 0.506 e. The van der Waals surface area contributed by atoms with Crippen LogP contribution in [0.3, 0.4) is 0 Å². The number of amides is 1. The highest BCUT2D eigenvalue weighted by molar-refractivity contribution is 6.07. The van der Waals surface area contributed by atoms with E-state index in [0.717, 1.165) is 6.92 Å². The van der Waals surface area contributed by atoms with Crippen LogP contribution >= 0.6 is 0 Å². The molecule has 0 saturated heterocycles. The van der Waals surface area contributed by atoms with Crippen LogP contribution in [0.15, 0.2) is 38.5 Å². The van der Waals surface area contributed by atoms with E-state index in [2.05, 4.69) is 14.7 Å². The first-order valence-corrected chi connectivity index (χ1v) is 7.24. The van der Waals surface area contributed by atoms with E-state index in [9.17, 15) is 24.6 Å². The molecule has 0 aliphatic rings. The fraction of sp³-hybridized carbons (Fsp3) is 0.176. The molecular weight excluding hydrogens is 328 g/mol. The summed E-state index contributed by atoms with van der Waals surface area (Å²) in [7, 11) is 0. The highest BCUT2D eigenvalue weighted by Crippen LogP contribution is 2.29. The molecule has 0 atom stereocenters. The number of carbonyl (C=O) groups excluding carboxylic acids is 2. The lowest BCUT2D eigenvalue weighted by Gasteiger charge is -2.08. The summed E-state index contributed by atoms with van der Waals surface area (Å²) in [6.07, 6.45) is 0. The molecule has 0 bridgehead atoms. The van der Waals surface area contributed by atoms with Gasteiger partial charge in [0.05, 0.1) is 11.4 Å². The van der Waals surface area contributed by atoms with Crippen LogP contribution in [0.25, 0.3) is 0 Å². The van der Waals surface area contributed by atoms with Gasteiger partial charge in [-0.2, -0.15) is 0 Å². The van der Waals surface area contributed by atoms with Gasteiger partial charge in [0.15, 0.2) is 5.78 Å². The van der Waals surface area contributed by atoms with Crippen LogP contribution in [0.2, 0.25) is 0 Å². The van der Waals surface area contributed by atoms with Crippen molar-refractivity contribution >= 4 is 28.8 Å². The lowest BCUT2D eigenvalue weighted by Crippen LogP contribution is -2.15. The maximum Gasteiger partial charge on any atom is 0.351 e. The Kier molecular flexibility index (Phi) is 5.02. The third kappa shape index (κ3) is 3.92. The molecule has 1 aromatic carbocycles. The predicted molar refractivity (Wildman–Crippen MR) is 90.9 cm³/mol. The average Bonchev–Trinajstić information content (AvgIpc) is 2.45. The van der Waals surface area contributed by atoms with Gasteiger partial charge in [-0.1, -0.05) is 6.07 Å². The van der Waals surface area contributed by atoms with Crippen LogP contribution in [0.4, 0.5) is 11.4 Å². The Morgan fingerprint density at radius 3 is 2.40 bits per heavy atom. The van der Waals surface area contributed by atoms with Gasteiger partial charge in [-0.3, -0.25) is 14.6 Å². The number of benzene rings is 1. The number of anilines is 1. The number of aliphatic imine (C=N–C) groups is 1. The molecule has 8 heteroatoms. The van der Waals surface area contributed by atoms with E-state index in [4.69, 9.17) is 0 Å². The number of aromatic hydroxyl groups is 2. The van der Waals surface area contributed by atoms with E-state index in [1.165, 1.54) is 13.8 Å². The van der Waals surface area contributed by atoms with Gasteiger partial charge >= 0.3 is 5.63 Å². The summed E-state index contributed by atoms with van der Waals surface area (Å²) < 4.78 is 4.60. The monoisotopic (exact) mass is 344 g/mol. The summed E-state index contributed by atoms with van der Waals surface area (Å²) in [4.78, 5) is 38.8. The molecule has 1 heterocycles. The second kappa shape index (κ2) is 7.00. The third-order valence-corrected chi connectivity index (χ3v) is 3.26. The van der Waals surface area contributed by atoms with Crippen molar-refractivity contribution in [1.29, 1.82) is 0 Å². The van der Waals surface area contributed by atoms with Crippen molar-refractivity contribution in [3.05, 3.63) is 45.8 Å². The topological polar surface area (TPSA) is 129 Å². The first-order chi connectivity index (χ1) is 11.7.